The first-order valence-electron chi connectivity index (χ1n) is 6.10. The highest BCUT2D eigenvalue weighted by molar-refractivity contribution is 9.10. The lowest BCUT2D eigenvalue weighted by Crippen LogP contribution is -2.13. The van der Waals surface area contributed by atoms with Gasteiger partial charge in [-0.25, -0.2) is 4.39 Å². The number of amides is 1. The molecule has 0 heterocycles. The summed E-state index contributed by atoms with van der Waals surface area (Å²) in [6, 6.07) is 11.5. The van der Waals surface area contributed by atoms with E-state index >= 15 is 0 Å². The van der Waals surface area contributed by atoms with Crippen molar-refractivity contribution in [3.63, 3.8) is 0 Å². The van der Waals surface area contributed by atoms with Crippen molar-refractivity contribution in [3.8, 4) is 5.75 Å². The maximum atomic E-state index is 13.8. The van der Waals surface area contributed by atoms with Crippen LogP contribution in [0.5, 0.6) is 5.75 Å². The predicted octanol–water partition coefficient (Wildman–Crippen LogP) is 4.24. The van der Waals surface area contributed by atoms with Gasteiger partial charge in [0, 0.05) is 5.69 Å². The minimum atomic E-state index is -0.573. The van der Waals surface area contributed by atoms with E-state index in [1.54, 1.807) is 36.4 Å². The smallest absolute Gasteiger partial charge is 0.258 e. The fourth-order valence-electron chi connectivity index (χ4n) is 1.68. The number of halogens is 2. The molecule has 0 atom stereocenters. The second-order valence-corrected chi connectivity index (χ2v) is 4.87. The third-order valence-corrected chi connectivity index (χ3v) is 3.23. The Morgan fingerprint density at radius 2 is 1.95 bits per heavy atom. The number of carbonyl (C=O) groups excluding carboxylic acids is 1. The molecule has 1 amide bonds. The molecule has 0 fully saturated rings. The van der Waals surface area contributed by atoms with Gasteiger partial charge < -0.3 is 10.1 Å². The first kappa shape index (κ1) is 14.5. The summed E-state index contributed by atoms with van der Waals surface area (Å²) >= 11 is 3.06. The Morgan fingerprint density at radius 3 is 2.60 bits per heavy atom. The summed E-state index contributed by atoms with van der Waals surface area (Å²) in [5.41, 5.74) is 0.575. The van der Waals surface area contributed by atoms with Crippen molar-refractivity contribution in [1.29, 1.82) is 0 Å². The van der Waals surface area contributed by atoms with Crippen LogP contribution in [0.15, 0.2) is 46.9 Å². The van der Waals surface area contributed by atoms with Crippen molar-refractivity contribution in [1.82, 2.24) is 0 Å². The minimum absolute atomic E-state index is 0.00624. The van der Waals surface area contributed by atoms with E-state index in [9.17, 15) is 9.18 Å². The lowest BCUT2D eigenvalue weighted by atomic mass is 10.2. The highest BCUT2D eigenvalue weighted by Crippen LogP contribution is 2.21. The lowest BCUT2D eigenvalue weighted by molar-refractivity contribution is 0.102. The fraction of sp³-hybridized carbons (Fsp3) is 0.133. The molecule has 0 aromatic heterocycles. The van der Waals surface area contributed by atoms with Gasteiger partial charge in [-0.1, -0.05) is 6.07 Å². The average Bonchev–Trinajstić information content (AvgIpc) is 2.44. The van der Waals surface area contributed by atoms with Crippen LogP contribution in [0.25, 0.3) is 0 Å². The maximum absolute atomic E-state index is 13.8. The molecule has 20 heavy (non-hydrogen) atoms. The molecule has 1 N–H and O–H groups in total. The molecule has 0 saturated carbocycles. The molecule has 104 valence electrons. The second-order valence-electron chi connectivity index (χ2n) is 4.01. The van der Waals surface area contributed by atoms with Gasteiger partial charge in [0.25, 0.3) is 5.91 Å². The van der Waals surface area contributed by atoms with Gasteiger partial charge in [-0.3, -0.25) is 4.79 Å². The van der Waals surface area contributed by atoms with E-state index in [4.69, 9.17) is 4.74 Å². The lowest BCUT2D eigenvalue weighted by Gasteiger charge is -2.08. The molecule has 0 unspecified atom stereocenters. The molecule has 2 aromatic carbocycles. The van der Waals surface area contributed by atoms with Crippen LogP contribution in [0.4, 0.5) is 10.1 Å². The first-order chi connectivity index (χ1) is 9.61. The zero-order chi connectivity index (χ0) is 14.5. The van der Waals surface area contributed by atoms with E-state index in [1.807, 2.05) is 6.92 Å². The Bertz CT molecular complexity index is 614. The Balaban J connectivity index is 2.13. The van der Waals surface area contributed by atoms with Gasteiger partial charge >= 0.3 is 0 Å². The van der Waals surface area contributed by atoms with Crippen molar-refractivity contribution >= 4 is 27.5 Å². The van der Waals surface area contributed by atoms with Crippen LogP contribution >= 0.6 is 15.9 Å². The van der Waals surface area contributed by atoms with Crippen LogP contribution in [-0.2, 0) is 0 Å². The molecule has 3 nitrogen and oxygen atoms in total. The Morgan fingerprint density at radius 1 is 1.25 bits per heavy atom. The van der Waals surface area contributed by atoms with Gasteiger partial charge in [0.05, 0.1) is 16.6 Å². The standard InChI is InChI=1S/C15H13BrFNO2/c1-2-20-11-8-6-10(7-9-11)18-15(19)12-4-3-5-13(16)14(12)17/h3-9H,2H2,1H3,(H,18,19). The zero-order valence-electron chi connectivity index (χ0n) is 10.8. The van der Waals surface area contributed by atoms with E-state index in [0.717, 1.165) is 5.75 Å². The average molecular weight is 338 g/mol. The van der Waals surface area contributed by atoms with E-state index < -0.39 is 11.7 Å². The van der Waals surface area contributed by atoms with E-state index in [-0.39, 0.29) is 10.0 Å². The van der Waals surface area contributed by atoms with Crippen LogP contribution in [0, 0.1) is 5.82 Å². The highest BCUT2D eigenvalue weighted by atomic mass is 79.9. The molecule has 5 heteroatoms. The quantitative estimate of drug-likeness (QED) is 0.906. The molecule has 0 saturated heterocycles. The van der Waals surface area contributed by atoms with Crippen molar-refractivity contribution in [2.24, 2.45) is 0 Å². The summed E-state index contributed by atoms with van der Waals surface area (Å²) in [5.74, 6) is -0.344. The highest BCUT2D eigenvalue weighted by Gasteiger charge is 2.13. The summed E-state index contributed by atoms with van der Waals surface area (Å²) in [6.45, 7) is 2.47. The topological polar surface area (TPSA) is 38.3 Å². The molecule has 0 spiro atoms. The summed E-state index contributed by atoms with van der Waals surface area (Å²) in [5, 5.41) is 2.64. The normalized spacial score (nSPS) is 10.2. The Kier molecular flexibility index (Phi) is 4.74. The molecule has 2 rings (SSSR count). The molecule has 0 aliphatic rings. The second kappa shape index (κ2) is 6.52. The van der Waals surface area contributed by atoms with Gasteiger partial charge in [-0.15, -0.1) is 0 Å². The molecule has 0 aliphatic heterocycles. The predicted molar refractivity (Wildman–Crippen MR) is 79.7 cm³/mol. The number of nitrogens with one attached hydrogen (secondary N) is 1. The fourth-order valence-corrected chi connectivity index (χ4v) is 2.04. The van der Waals surface area contributed by atoms with E-state index in [0.29, 0.717) is 12.3 Å². The van der Waals surface area contributed by atoms with Crippen LogP contribution in [0.3, 0.4) is 0 Å². The van der Waals surface area contributed by atoms with Gasteiger partial charge in [0.2, 0.25) is 0 Å². The van der Waals surface area contributed by atoms with E-state index in [2.05, 4.69) is 21.2 Å². The van der Waals surface area contributed by atoms with Crippen LogP contribution in [-0.4, -0.2) is 12.5 Å². The van der Waals surface area contributed by atoms with Crippen LogP contribution in [0.1, 0.15) is 17.3 Å². The summed E-state index contributed by atoms with van der Waals surface area (Å²) in [4.78, 5) is 12.0. The third kappa shape index (κ3) is 3.36. The summed E-state index contributed by atoms with van der Waals surface area (Å²) in [7, 11) is 0. The number of carbonyl (C=O) groups is 1. The zero-order valence-corrected chi connectivity index (χ0v) is 12.4. The summed E-state index contributed by atoms with van der Waals surface area (Å²) in [6.07, 6.45) is 0. The molecule has 2 aromatic rings. The van der Waals surface area contributed by atoms with Gasteiger partial charge in [0.15, 0.2) is 0 Å². The van der Waals surface area contributed by atoms with Crippen molar-refractivity contribution in [2.45, 2.75) is 6.92 Å². The number of rotatable bonds is 4. The minimum Gasteiger partial charge on any atom is -0.494 e. The number of anilines is 1. The maximum Gasteiger partial charge on any atom is 0.258 e. The van der Waals surface area contributed by atoms with Gasteiger partial charge in [0.1, 0.15) is 11.6 Å². The van der Waals surface area contributed by atoms with Crippen LogP contribution < -0.4 is 10.1 Å². The Labute approximate surface area is 124 Å². The summed E-state index contributed by atoms with van der Waals surface area (Å²) < 4.78 is 19.4. The molecular weight excluding hydrogens is 325 g/mol. The third-order valence-electron chi connectivity index (χ3n) is 2.62. The number of hydrogen-bond donors (Lipinski definition) is 1. The van der Waals surface area contributed by atoms with Crippen molar-refractivity contribution in [3.05, 3.63) is 58.3 Å². The molecule has 0 radical (unpaired) electrons. The molecular formula is C15H13BrFNO2. The first-order valence-corrected chi connectivity index (χ1v) is 6.89. The Hall–Kier alpha value is -1.88. The number of ether oxygens (including phenoxy) is 1. The van der Waals surface area contributed by atoms with Gasteiger partial charge in [-0.2, -0.15) is 0 Å². The van der Waals surface area contributed by atoms with Crippen LogP contribution in [0.2, 0.25) is 0 Å². The van der Waals surface area contributed by atoms with Gasteiger partial charge in [-0.05, 0) is 59.3 Å². The molecule has 0 aliphatic carbocycles. The number of hydrogen-bond acceptors (Lipinski definition) is 2. The van der Waals surface area contributed by atoms with Crippen molar-refractivity contribution in [2.75, 3.05) is 11.9 Å². The van der Waals surface area contributed by atoms with E-state index in [1.165, 1.54) is 6.07 Å². The van der Waals surface area contributed by atoms with Crippen molar-refractivity contribution < 1.29 is 13.9 Å². The number of benzene rings is 2. The SMILES string of the molecule is CCOc1ccc(NC(=O)c2cccc(Br)c2F)cc1. The monoisotopic (exact) mass is 337 g/mol. The molecule has 0 bridgehead atoms. The largest absolute Gasteiger partial charge is 0.494 e.